The Hall–Kier alpha value is -3.05. The molecule has 2 atom stereocenters. The maximum absolute atomic E-state index is 13.2. The van der Waals surface area contributed by atoms with Crippen LogP contribution < -0.4 is 4.74 Å². The number of ether oxygens (including phenoxy) is 1. The molecule has 1 N–H and O–H groups in total. The van der Waals surface area contributed by atoms with Gasteiger partial charge < -0.3 is 27.5 Å². The van der Waals surface area contributed by atoms with E-state index in [1.54, 1.807) is 11.9 Å². The molecule has 35 heavy (non-hydrogen) atoms. The molecule has 1 fully saturated rings. The van der Waals surface area contributed by atoms with Crippen LogP contribution in [0.5, 0.6) is 5.88 Å². The van der Waals surface area contributed by atoms with Gasteiger partial charge >= 0.3 is 0 Å². The number of nitrogens with zero attached hydrogens (tertiary/aromatic N) is 4. The number of amides is 1. The fraction of sp³-hybridized carbons (Fsp3) is 0.360. The van der Waals surface area contributed by atoms with Crippen molar-refractivity contribution in [1.82, 2.24) is 14.8 Å². The molecule has 1 saturated heterocycles. The monoisotopic (exact) mass is 497 g/mol. The number of β-amino-alcohol motifs (C(OH)–C–C–N with tert-alkyl or cyclic N) is 1. The summed E-state index contributed by atoms with van der Waals surface area (Å²) in [7, 11) is 1.25. The van der Waals surface area contributed by atoms with E-state index in [2.05, 4.69) is 14.2 Å². The number of pyridine rings is 1. The van der Waals surface area contributed by atoms with E-state index in [1.165, 1.54) is 13.3 Å². The fourth-order valence-electron chi connectivity index (χ4n) is 4.21. The Bertz CT molecular complexity index is 1250. The molecule has 9 nitrogen and oxygen atoms in total. The quantitative estimate of drug-likeness (QED) is 0.453. The number of benzene rings is 2. The van der Waals surface area contributed by atoms with Gasteiger partial charge in [0, 0.05) is 44.6 Å². The molecule has 3 aromatic rings. The largest absolute Gasteiger partial charge is 0.467 e. The summed E-state index contributed by atoms with van der Waals surface area (Å²) < 4.78 is 26.3. The summed E-state index contributed by atoms with van der Waals surface area (Å²) in [4.78, 5) is 21.4. The zero-order valence-corrected chi connectivity index (χ0v) is 20.6. The average Bonchev–Trinajstić information content (AvgIpc) is 3.31. The molecule has 0 saturated carbocycles. The Morgan fingerprint density at radius 1 is 1.23 bits per heavy atom. The van der Waals surface area contributed by atoms with Crippen LogP contribution in [0.15, 0.2) is 65.2 Å². The Kier molecular flexibility index (Phi) is 8.29. The van der Waals surface area contributed by atoms with Crippen LogP contribution in [0.25, 0.3) is 10.8 Å². The van der Waals surface area contributed by atoms with Gasteiger partial charge in [0.2, 0.25) is 5.88 Å². The molecule has 4 rings (SSSR count). The third-order valence-corrected chi connectivity index (χ3v) is 6.74. The lowest BCUT2D eigenvalue weighted by Crippen LogP contribution is -2.41. The predicted molar refractivity (Wildman–Crippen MR) is 133 cm³/mol. The molecule has 10 heteroatoms. The molecule has 1 amide bonds. The zero-order valence-electron chi connectivity index (χ0n) is 19.7. The zero-order chi connectivity index (χ0) is 24.8. The summed E-state index contributed by atoms with van der Waals surface area (Å²) in [5.74, 6) is 0.0992. The first-order valence-corrected chi connectivity index (χ1v) is 12.4. The lowest BCUT2D eigenvalue weighted by molar-refractivity contribution is -0.134. The molecule has 186 valence electrons. The molecule has 1 aromatic heterocycles. The van der Waals surface area contributed by atoms with Gasteiger partial charge in [0.1, 0.15) is 0 Å². The summed E-state index contributed by atoms with van der Waals surface area (Å²) in [6, 6.07) is 17.0. The van der Waals surface area contributed by atoms with Crippen molar-refractivity contribution in [2.45, 2.75) is 18.6 Å². The van der Waals surface area contributed by atoms with Crippen LogP contribution in [-0.2, 0) is 24.1 Å². The van der Waals surface area contributed by atoms with E-state index in [-0.39, 0.29) is 24.7 Å². The summed E-state index contributed by atoms with van der Waals surface area (Å²) in [5.41, 5.74) is 1.43. The number of hydrogen-bond acceptors (Lipinski definition) is 9. The maximum Gasteiger partial charge on any atom is 0.260 e. The van der Waals surface area contributed by atoms with Crippen molar-refractivity contribution in [1.29, 1.82) is 0 Å². The Morgan fingerprint density at radius 3 is 2.63 bits per heavy atom. The standard InChI is InChI=1S/C25H29N4O5S/c1-28(23(18-8-4-3-5-9-18)16-29-13-12-19(30)15-29)24(31)17-34-25-21-11-7-6-10-20(21)22(14-26-25)27-35(32)33-2/h3-11,14,19,23,30H,12-13,15-17H2,1-2H3/q-1/t19-,23?/m0/s1. The predicted octanol–water partition coefficient (Wildman–Crippen LogP) is 3.22. The second-order valence-electron chi connectivity index (χ2n) is 8.39. The van der Waals surface area contributed by atoms with Gasteiger partial charge in [-0.05, 0) is 18.1 Å². The van der Waals surface area contributed by atoms with Crippen LogP contribution in [0, 0.1) is 0 Å². The Morgan fingerprint density at radius 2 is 1.94 bits per heavy atom. The van der Waals surface area contributed by atoms with Crippen molar-refractivity contribution >= 4 is 33.2 Å². The highest BCUT2D eigenvalue weighted by Gasteiger charge is 2.28. The van der Waals surface area contributed by atoms with E-state index in [9.17, 15) is 14.1 Å². The van der Waals surface area contributed by atoms with Crippen molar-refractivity contribution in [3.05, 3.63) is 66.4 Å². The van der Waals surface area contributed by atoms with Gasteiger partial charge in [-0.1, -0.05) is 59.4 Å². The van der Waals surface area contributed by atoms with Gasteiger partial charge in [0.25, 0.3) is 5.91 Å². The SMILES string of the molecule is CO[S-](=O)=Nc1cnc(OCC(=O)N(C)C(CN2CC[C@H](O)C2)c2ccccc2)c2ccccc12. The van der Waals surface area contributed by atoms with Gasteiger partial charge in [0.15, 0.2) is 6.61 Å². The van der Waals surface area contributed by atoms with Crippen molar-refractivity contribution in [2.75, 3.05) is 40.4 Å². The molecule has 2 heterocycles. The molecule has 1 aliphatic rings. The fourth-order valence-corrected chi connectivity index (χ4v) is 4.59. The molecule has 0 aliphatic carbocycles. The van der Waals surface area contributed by atoms with Gasteiger partial charge in [0.05, 0.1) is 24.0 Å². The topological polar surface area (TPSA) is 105 Å². The third kappa shape index (κ3) is 6.15. The second-order valence-corrected chi connectivity index (χ2v) is 9.34. The minimum atomic E-state index is -1.82. The number of rotatable bonds is 9. The number of aromatic nitrogens is 1. The van der Waals surface area contributed by atoms with Crippen LogP contribution in [0.3, 0.4) is 0 Å². The van der Waals surface area contributed by atoms with Crippen LogP contribution >= 0.6 is 0 Å². The van der Waals surface area contributed by atoms with Crippen LogP contribution in [0.1, 0.15) is 18.0 Å². The van der Waals surface area contributed by atoms with Crippen molar-refractivity contribution in [3.8, 4) is 5.88 Å². The van der Waals surface area contributed by atoms with Crippen LogP contribution in [0.2, 0.25) is 0 Å². The molecule has 2 aromatic carbocycles. The van der Waals surface area contributed by atoms with Crippen LogP contribution in [0.4, 0.5) is 5.69 Å². The minimum Gasteiger partial charge on any atom is -0.467 e. The van der Waals surface area contributed by atoms with E-state index >= 15 is 0 Å². The Balaban J connectivity index is 1.51. The molecule has 0 bridgehead atoms. The molecule has 0 radical (unpaired) electrons. The number of fused-ring (bicyclic) bond motifs is 1. The van der Waals surface area contributed by atoms with Gasteiger partial charge in [-0.3, -0.25) is 9.69 Å². The number of likely N-dealkylation sites (N-methyl/N-ethyl adjacent to an activating group) is 1. The first-order valence-electron chi connectivity index (χ1n) is 11.4. The maximum atomic E-state index is 13.2. The molecule has 1 aliphatic heterocycles. The van der Waals surface area contributed by atoms with E-state index < -0.39 is 10.9 Å². The average molecular weight is 498 g/mol. The highest BCUT2D eigenvalue weighted by Crippen LogP contribution is 2.31. The summed E-state index contributed by atoms with van der Waals surface area (Å²) in [5, 5.41) is 11.3. The summed E-state index contributed by atoms with van der Waals surface area (Å²) in [6.45, 7) is 1.82. The minimum absolute atomic E-state index is 0.187. The normalized spacial score (nSPS) is 18.0. The van der Waals surface area contributed by atoms with Gasteiger partial charge in [-0.25, -0.2) is 4.98 Å². The number of carbonyl (C=O) groups is 1. The number of likely N-dealkylation sites (tertiary alicyclic amines) is 1. The lowest BCUT2D eigenvalue weighted by atomic mass is 10.0. The number of hydrogen-bond donors (Lipinski definition) is 1. The second kappa shape index (κ2) is 11.6. The number of carbonyl (C=O) groups excluding carboxylic acids is 1. The first-order chi connectivity index (χ1) is 17.0. The summed E-state index contributed by atoms with van der Waals surface area (Å²) >= 11 is 0. The van der Waals surface area contributed by atoms with Gasteiger partial charge in [-0.15, -0.1) is 0 Å². The number of aliphatic hydroxyl groups excluding tert-OH is 1. The third-order valence-electron chi connectivity index (χ3n) is 6.11. The molecule has 0 spiro atoms. The van der Waals surface area contributed by atoms with E-state index in [1.807, 2.05) is 54.6 Å². The Labute approximate surface area is 206 Å². The smallest absolute Gasteiger partial charge is 0.260 e. The first kappa shape index (κ1) is 25.1. The molecular weight excluding hydrogens is 468 g/mol. The van der Waals surface area contributed by atoms with Crippen LogP contribution in [-0.4, -0.2) is 72.3 Å². The molecule has 1 unspecified atom stereocenters. The van der Waals surface area contributed by atoms with Crippen molar-refractivity contribution in [2.24, 2.45) is 4.36 Å². The van der Waals surface area contributed by atoms with Gasteiger partial charge in [-0.2, -0.15) is 0 Å². The molecular formula is C25H29N4O5S-. The van der Waals surface area contributed by atoms with Crippen molar-refractivity contribution < 1.29 is 23.0 Å². The van der Waals surface area contributed by atoms with E-state index in [0.29, 0.717) is 35.4 Å². The summed E-state index contributed by atoms with van der Waals surface area (Å²) in [6.07, 6.45) is 1.86. The van der Waals surface area contributed by atoms with E-state index in [4.69, 9.17) is 8.92 Å². The lowest BCUT2D eigenvalue weighted by Gasteiger charge is -2.32. The van der Waals surface area contributed by atoms with Crippen molar-refractivity contribution in [3.63, 3.8) is 0 Å². The number of aliphatic hydroxyl groups is 1. The highest BCUT2D eigenvalue weighted by atomic mass is 32.2. The highest BCUT2D eigenvalue weighted by molar-refractivity contribution is 7.69. The van der Waals surface area contributed by atoms with E-state index in [0.717, 1.165) is 18.5 Å².